The molecule has 0 aliphatic carbocycles. The Bertz CT molecular complexity index is 519. The summed E-state index contributed by atoms with van der Waals surface area (Å²) in [5.74, 6) is 0. The highest BCUT2D eigenvalue weighted by molar-refractivity contribution is 5.58. The third kappa shape index (κ3) is 2.43. The lowest BCUT2D eigenvalue weighted by Gasteiger charge is -2.16. The van der Waals surface area contributed by atoms with Gasteiger partial charge in [0.25, 0.3) is 0 Å². The molecule has 0 amide bonds. The van der Waals surface area contributed by atoms with Gasteiger partial charge in [0.15, 0.2) is 0 Å². The Balaban J connectivity index is 1.65. The number of aliphatic imine (C=N–C) groups is 1. The molecule has 0 aromatic heterocycles. The predicted octanol–water partition coefficient (Wildman–Crippen LogP) is 3.27. The topological polar surface area (TPSA) is 15.6 Å². The molecular weight excluding hydrogens is 220 g/mol. The molecule has 1 aliphatic rings. The van der Waals surface area contributed by atoms with Gasteiger partial charge >= 0.3 is 0 Å². The van der Waals surface area contributed by atoms with Crippen molar-refractivity contribution >= 4 is 6.34 Å². The molecule has 1 atom stereocenters. The van der Waals surface area contributed by atoms with E-state index in [0.717, 1.165) is 13.1 Å². The Kier molecular flexibility index (Phi) is 3.09. The van der Waals surface area contributed by atoms with Gasteiger partial charge in [-0.15, -0.1) is 0 Å². The van der Waals surface area contributed by atoms with Gasteiger partial charge in [0.1, 0.15) is 0 Å². The molecule has 0 radical (unpaired) electrons. The third-order valence-corrected chi connectivity index (χ3v) is 3.23. The summed E-state index contributed by atoms with van der Waals surface area (Å²) in [7, 11) is 0. The van der Waals surface area contributed by atoms with E-state index in [4.69, 9.17) is 0 Å². The van der Waals surface area contributed by atoms with Crippen LogP contribution in [-0.4, -0.2) is 17.8 Å². The zero-order chi connectivity index (χ0) is 12.2. The molecule has 0 saturated heterocycles. The second-order valence-corrected chi connectivity index (χ2v) is 4.61. The Hall–Kier alpha value is -2.09. The average molecular weight is 236 g/mol. The average Bonchev–Trinajstić information content (AvgIpc) is 2.89. The fraction of sp³-hybridized carbons (Fsp3) is 0.188. The van der Waals surface area contributed by atoms with Crippen LogP contribution in [0.15, 0.2) is 65.7 Å². The van der Waals surface area contributed by atoms with E-state index in [9.17, 15) is 0 Å². The molecule has 0 fully saturated rings. The van der Waals surface area contributed by atoms with E-state index >= 15 is 0 Å². The maximum atomic E-state index is 4.58. The van der Waals surface area contributed by atoms with Crippen molar-refractivity contribution in [2.75, 3.05) is 6.54 Å². The van der Waals surface area contributed by atoms with Gasteiger partial charge in [-0.3, -0.25) is 4.99 Å². The summed E-state index contributed by atoms with van der Waals surface area (Å²) in [6.45, 7) is 1.91. The van der Waals surface area contributed by atoms with Crippen molar-refractivity contribution in [1.82, 2.24) is 4.90 Å². The number of hydrogen-bond donors (Lipinski definition) is 0. The second-order valence-electron chi connectivity index (χ2n) is 4.61. The minimum Gasteiger partial charge on any atom is -0.356 e. The summed E-state index contributed by atoms with van der Waals surface area (Å²) < 4.78 is 0. The molecule has 90 valence electrons. The van der Waals surface area contributed by atoms with E-state index in [1.807, 2.05) is 18.5 Å². The first-order valence-electron chi connectivity index (χ1n) is 6.28. The van der Waals surface area contributed by atoms with Crippen LogP contribution >= 0.6 is 0 Å². The highest BCUT2D eigenvalue weighted by Gasteiger charge is 2.18. The molecule has 2 heteroatoms. The lowest BCUT2D eigenvalue weighted by atomic mass is 10.1. The van der Waals surface area contributed by atoms with Crippen molar-refractivity contribution in [1.29, 1.82) is 0 Å². The fourth-order valence-corrected chi connectivity index (χ4v) is 2.28. The van der Waals surface area contributed by atoms with E-state index < -0.39 is 0 Å². The van der Waals surface area contributed by atoms with Crippen LogP contribution < -0.4 is 0 Å². The molecule has 2 aromatic rings. The SMILES string of the molecule is C1=N[C@@H](c2ccccc2)CN1Cc1ccccc1. The molecule has 18 heavy (non-hydrogen) atoms. The van der Waals surface area contributed by atoms with Crippen molar-refractivity contribution in [3.63, 3.8) is 0 Å². The number of hydrogen-bond acceptors (Lipinski definition) is 2. The van der Waals surface area contributed by atoms with Gasteiger partial charge in [-0.2, -0.15) is 0 Å². The summed E-state index contributed by atoms with van der Waals surface area (Å²) in [6, 6.07) is 21.3. The zero-order valence-corrected chi connectivity index (χ0v) is 10.2. The van der Waals surface area contributed by atoms with E-state index in [1.165, 1.54) is 11.1 Å². The summed E-state index contributed by atoms with van der Waals surface area (Å²) in [5.41, 5.74) is 2.63. The van der Waals surface area contributed by atoms with Gasteiger partial charge in [-0.1, -0.05) is 60.7 Å². The molecule has 2 nitrogen and oxygen atoms in total. The summed E-state index contributed by atoms with van der Waals surface area (Å²) in [6.07, 6.45) is 1.98. The van der Waals surface area contributed by atoms with Crippen LogP contribution in [0, 0.1) is 0 Å². The normalized spacial score (nSPS) is 18.2. The van der Waals surface area contributed by atoms with Gasteiger partial charge in [-0.25, -0.2) is 0 Å². The fourth-order valence-electron chi connectivity index (χ4n) is 2.28. The number of benzene rings is 2. The Morgan fingerprint density at radius 1 is 0.944 bits per heavy atom. The first kappa shape index (κ1) is 11.0. The lowest BCUT2D eigenvalue weighted by molar-refractivity contribution is 0.430. The molecule has 0 bridgehead atoms. The zero-order valence-electron chi connectivity index (χ0n) is 10.2. The standard InChI is InChI=1S/C16H16N2/c1-3-7-14(8-4-1)11-18-12-16(17-13-18)15-9-5-2-6-10-15/h1-10,13,16H,11-12H2/t16-/m1/s1. The first-order chi connectivity index (χ1) is 8.92. The highest BCUT2D eigenvalue weighted by Crippen LogP contribution is 2.22. The molecule has 0 saturated carbocycles. The third-order valence-electron chi connectivity index (χ3n) is 3.23. The first-order valence-corrected chi connectivity index (χ1v) is 6.28. The Labute approximate surface area is 108 Å². The van der Waals surface area contributed by atoms with Gasteiger partial charge in [-0.05, 0) is 11.1 Å². The van der Waals surface area contributed by atoms with E-state index in [0.29, 0.717) is 0 Å². The van der Waals surface area contributed by atoms with Gasteiger partial charge in [0.05, 0.1) is 12.4 Å². The summed E-state index contributed by atoms with van der Waals surface area (Å²) >= 11 is 0. The minimum absolute atomic E-state index is 0.287. The Morgan fingerprint density at radius 2 is 1.61 bits per heavy atom. The molecule has 0 unspecified atom stereocenters. The minimum atomic E-state index is 0.287. The summed E-state index contributed by atoms with van der Waals surface area (Å²) in [4.78, 5) is 6.86. The quantitative estimate of drug-likeness (QED) is 0.798. The number of nitrogens with zero attached hydrogens (tertiary/aromatic N) is 2. The predicted molar refractivity (Wildman–Crippen MR) is 74.5 cm³/mol. The van der Waals surface area contributed by atoms with E-state index in [1.54, 1.807) is 0 Å². The van der Waals surface area contributed by atoms with Crippen LogP contribution in [0.5, 0.6) is 0 Å². The van der Waals surface area contributed by atoms with Crippen molar-refractivity contribution < 1.29 is 0 Å². The van der Waals surface area contributed by atoms with Crippen LogP contribution in [0.2, 0.25) is 0 Å². The molecule has 0 spiro atoms. The van der Waals surface area contributed by atoms with Crippen molar-refractivity contribution in [2.24, 2.45) is 4.99 Å². The second kappa shape index (κ2) is 5.05. The largest absolute Gasteiger partial charge is 0.356 e. The maximum Gasteiger partial charge on any atom is 0.0941 e. The van der Waals surface area contributed by atoms with E-state index in [2.05, 4.69) is 58.4 Å². The van der Waals surface area contributed by atoms with Crippen LogP contribution in [-0.2, 0) is 6.54 Å². The lowest BCUT2D eigenvalue weighted by Crippen LogP contribution is -2.20. The van der Waals surface area contributed by atoms with Crippen molar-refractivity contribution in [2.45, 2.75) is 12.6 Å². The van der Waals surface area contributed by atoms with Crippen LogP contribution in [0.3, 0.4) is 0 Å². The smallest absolute Gasteiger partial charge is 0.0941 e. The maximum absolute atomic E-state index is 4.58. The van der Waals surface area contributed by atoms with Crippen LogP contribution in [0.1, 0.15) is 17.2 Å². The van der Waals surface area contributed by atoms with Gasteiger partial charge in [0, 0.05) is 13.1 Å². The summed E-state index contributed by atoms with van der Waals surface area (Å²) in [5, 5.41) is 0. The molecular formula is C16H16N2. The molecule has 0 N–H and O–H groups in total. The highest BCUT2D eigenvalue weighted by atomic mass is 15.2. The number of rotatable bonds is 3. The van der Waals surface area contributed by atoms with Crippen LogP contribution in [0.25, 0.3) is 0 Å². The van der Waals surface area contributed by atoms with Crippen molar-refractivity contribution in [3.05, 3.63) is 71.8 Å². The van der Waals surface area contributed by atoms with Crippen LogP contribution in [0.4, 0.5) is 0 Å². The molecule has 3 rings (SSSR count). The van der Waals surface area contributed by atoms with Gasteiger partial charge < -0.3 is 4.90 Å². The Morgan fingerprint density at radius 3 is 2.33 bits per heavy atom. The van der Waals surface area contributed by atoms with Gasteiger partial charge in [0.2, 0.25) is 0 Å². The monoisotopic (exact) mass is 236 g/mol. The van der Waals surface area contributed by atoms with E-state index in [-0.39, 0.29) is 6.04 Å². The van der Waals surface area contributed by atoms with Crippen molar-refractivity contribution in [3.8, 4) is 0 Å². The molecule has 2 aromatic carbocycles. The molecule has 1 heterocycles. The molecule has 1 aliphatic heterocycles.